The normalized spacial score (nSPS) is 11.6. The van der Waals surface area contributed by atoms with E-state index in [1.54, 1.807) is 7.11 Å². The van der Waals surface area contributed by atoms with Crippen molar-refractivity contribution in [1.29, 1.82) is 0 Å². The summed E-state index contributed by atoms with van der Waals surface area (Å²) in [6.07, 6.45) is 0.725. The van der Waals surface area contributed by atoms with Gasteiger partial charge >= 0.3 is 0 Å². The van der Waals surface area contributed by atoms with Crippen molar-refractivity contribution in [3.8, 4) is 11.5 Å². The fourth-order valence-electron chi connectivity index (χ4n) is 1.62. The Bertz CT molecular complexity index is 531. The number of methoxy groups -OCH3 is 1. The molecule has 2 aromatic rings. The first kappa shape index (κ1) is 17.3. The van der Waals surface area contributed by atoms with Crippen LogP contribution in [0.1, 0.15) is 18.6 Å². The second kappa shape index (κ2) is 8.49. The quantitative estimate of drug-likeness (QED) is 0.845. The maximum absolute atomic E-state index is 5.57. The highest BCUT2D eigenvalue weighted by Crippen LogP contribution is 2.17. The van der Waals surface area contributed by atoms with Gasteiger partial charge in [-0.25, -0.2) is 0 Å². The number of likely N-dealkylation sites (N-methyl/N-ethyl adjacent to an activating group) is 1. The molecule has 1 heterocycles. The summed E-state index contributed by atoms with van der Waals surface area (Å²) in [6, 6.07) is 7.65. The highest BCUT2D eigenvalue weighted by atomic mass is 35.5. The molecule has 116 valence electrons. The number of nitrogens with zero attached hydrogens (tertiary/aromatic N) is 2. The SMILES string of the molecule is CNC(C)Cc1noc(COc2ccc(OC)cc2)n1.Cl. The molecule has 0 amide bonds. The van der Waals surface area contributed by atoms with Crippen molar-refractivity contribution in [3.63, 3.8) is 0 Å². The van der Waals surface area contributed by atoms with Crippen molar-refractivity contribution in [1.82, 2.24) is 15.5 Å². The van der Waals surface area contributed by atoms with Gasteiger partial charge in [-0.3, -0.25) is 0 Å². The highest BCUT2D eigenvalue weighted by molar-refractivity contribution is 5.85. The van der Waals surface area contributed by atoms with Gasteiger partial charge in [0.2, 0.25) is 0 Å². The van der Waals surface area contributed by atoms with Crippen molar-refractivity contribution >= 4 is 12.4 Å². The van der Waals surface area contributed by atoms with Gasteiger partial charge in [0.15, 0.2) is 12.4 Å². The van der Waals surface area contributed by atoms with Crippen LogP contribution in [0, 0.1) is 0 Å². The molecule has 0 saturated heterocycles. The van der Waals surface area contributed by atoms with Gasteiger partial charge in [0.1, 0.15) is 11.5 Å². The lowest BCUT2D eigenvalue weighted by Crippen LogP contribution is -2.24. The first-order valence-corrected chi connectivity index (χ1v) is 6.47. The summed E-state index contributed by atoms with van der Waals surface area (Å²) in [5.74, 6) is 2.67. The maximum Gasteiger partial charge on any atom is 0.264 e. The Morgan fingerprint density at radius 2 is 1.90 bits per heavy atom. The van der Waals surface area contributed by atoms with E-state index < -0.39 is 0 Å². The fraction of sp³-hybridized carbons (Fsp3) is 0.429. The van der Waals surface area contributed by atoms with Gasteiger partial charge in [-0.2, -0.15) is 4.98 Å². The van der Waals surface area contributed by atoms with Crippen LogP contribution in [0.4, 0.5) is 0 Å². The minimum absolute atomic E-state index is 0. The Morgan fingerprint density at radius 1 is 1.24 bits per heavy atom. The third-order valence-electron chi connectivity index (χ3n) is 2.91. The molecule has 0 saturated carbocycles. The van der Waals surface area contributed by atoms with E-state index in [0.29, 0.717) is 17.8 Å². The molecule has 1 N–H and O–H groups in total. The number of halogens is 1. The van der Waals surface area contributed by atoms with Crippen LogP contribution < -0.4 is 14.8 Å². The molecule has 0 bridgehead atoms. The molecular formula is C14H20ClN3O3. The lowest BCUT2D eigenvalue weighted by atomic mass is 10.2. The Balaban J connectivity index is 0.00000220. The predicted molar refractivity (Wildman–Crippen MR) is 81.1 cm³/mol. The molecule has 21 heavy (non-hydrogen) atoms. The van der Waals surface area contributed by atoms with Crippen molar-refractivity contribution < 1.29 is 14.0 Å². The van der Waals surface area contributed by atoms with E-state index in [0.717, 1.165) is 17.9 Å². The van der Waals surface area contributed by atoms with Crippen molar-refractivity contribution in [3.05, 3.63) is 36.0 Å². The number of nitrogens with one attached hydrogen (secondary N) is 1. The van der Waals surface area contributed by atoms with E-state index in [-0.39, 0.29) is 19.0 Å². The average Bonchev–Trinajstić information content (AvgIpc) is 2.93. The first-order chi connectivity index (χ1) is 9.71. The van der Waals surface area contributed by atoms with Gasteiger partial charge < -0.3 is 19.3 Å². The fourth-order valence-corrected chi connectivity index (χ4v) is 1.62. The minimum atomic E-state index is 0. The third-order valence-corrected chi connectivity index (χ3v) is 2.91. The second-order valence-electron chi connectivity index (χ2n) is 4.46. The molecular weight excluding hydrogens is 294 g/mol. The van der Waals surface area contributed by atoms with Gasteiger partial charge in [-0.1, -0.05) is 5.16 Å². The highest BCUT2D eigenvalue weighted by Gasteiger charge is 2.09. The summed E-state index contributed by atoms with van der Waals surface area (Å²) in [6.45, 7) is 2.32. The molecule has 1 unspecified atom stereocenters. The molecule has 6 nitrogen and oxygen atoms in total. The van der Waals surface area contributed by atoms with E-state index in [9.17, 15) is 0 Å². The van der Waals surface area contributed by atoms with Crippen molar-refractivity contribution in [2.45, 2.75) is 26.0 Å². The van der Waals surface area contributed by atoms with E-state index in [1.807, 2.05) is 31.3 Å². The zero-order chi connectivity index (χ0) is 14.4. The van der Waals surface area contributed by atoms with Crippen LogP contribution in [-0.4, -0.2) is 30.3 Å². The molecule has 7 heteroatoms. The number of ether oxygens (including phenoxy) is 2. The molecule has 2 rings (SSSR count). The number of rotatable bonds is 7. The van der Waals surface area contributed by atoms with Crippen molar-refractivity contribution in [2.24, 2.45) is 0 Å². The van der Waals surface area contributed by atoms with E-state index in [4.69, 9.17) is 14.0 Å². The molecule has 1 aromatic heterocycles. The Morgan fingerprint density at radius 3 is 2.52 bits per heavy atom. The summed E-state index contributed by atoms with van der Waals surface area (Å²) >= 11 is 0. The van der Waals surface area contributed by atoms with Gasteiger partial charge in [0.25, 0.3) is 5.89 Å². The predicted octanol–water partition coefficient (Wildman–Crippen LogP) is 2.23. The Labute approximate surface area is 130 Å². The van der Waals surface area contributed by atoms with Gasteiger partial charge in [-0.15, -0.1) is 12.4 Å². The lowest BCUT2D eigenvalue weighted by molar-refractivity contribution is 0.242. The van der Waals surface area contributed by atoms with Crippen LogP contribution in [-0.2, 0) is 13.0 Å². The largest absolute Gasteiger partial charge is 0.497 e. The Hall–Kier alpha value is -1.79. The zero-order valence-corrected chi connectivity index (χ0v) is 13.1. The number of hydrogen-bond acceptors (Lipinski definition) is 6. The standard InChI is InChI=1S/C14H19N3O3.ClH/c1-10(15-2)8-13-16-14(20-17-13)9-19-12-6-4-11(18-3)5-7-12;/h4-7,10,15H,8-9H2,1-3H3;1H. The maximum atomic E-state index is 5.57. The van der Waals surface area contributed by atoms with Crippen LogP contribution >= 0.6 is 12.4 Å². The van der Waals surface area contributed by atoms with Crippen LogP contribution in [0.3, 0.4) is 0 Å². The molecule has 1 atom stereocenters. The third kappa shape index (κ3) is 5.24. The van der Waals surface area contributed by atoms with E-state index >= 15 is 0 Å². The number of hydrogen-bond donors (Lipinski definition) is 1. The van der Waals surface area contributed by atoms with Crippen molar-refractivity contribution in [2.75, 3.05) is 14.2 Å². The smallest absolute Gasteiger partial charge is 0.264 e. The Kier molecular flexibility index (Phi) is 6.98. The molecule has 0 spiro atoms. The van der Waals surface area contributed by atoms with Crippen LogP contribution in [0.2, 0.25) is 0 Å². The molecule has 0 aliphatic heterocycles. The summed E-state index contributed by atoms with van der Waals surface area (Å²) in [7, 11) is 3.53. The first-order valence-electron chi connectivity index (χ1n) is 6.47. The van der Waals surface area contributed by atoms with Crippen LogP contribution in [0.5, 0.6) is 11.5 Å². The minimum Gasteiger partial charge on any atom is -0.497 e. The lowest BCUT2D eigenvalue weighted by Gasteiger charge is -2.05. The molecule has 1 aromatic carbocycles. The summed E-state index contributed by atoms with van der Waals surface area (Å²) in [5.41, 5.74) is 0. The molecule has 0 fully saturated rings. The van der Waals surface area contributed by atoms with Gasteiger partial charge in [0.05, 0.1) is 7.11 Å². The second-order valence-corrected chi connectivity index (χ2v) is 4.46. The molecule has 0 radical (unpaired) electrons. The number of benzene rings is 1. The molecule has 0 aliphatic rings. The van der Waals surface area contributed by atoms with E-state index in [1.165, 1.54) is 0 Å². The topological polar surface area (TPSA) is 69.4 Å². The van der Waals surface area contributed by atoms with E-state index in [2.05, 4.69) is 22.4 Å². The summed E-state index contributed by atoms with van der Waals surface area (Å²) < 4.78 is 15.8. The van der Waals surface area contributed by atoms with Crippen LogP contribution in [0.15, 0.2) is 28.8 Å². The van der Waals surface area contributed by atoms with Crippen LogP contribution in [0.25, 0.3) is 0 Å². The molecule has 0 aliphatic carbocycles. The average molecular weight is 314 g/mol. The van der Waals surface area contributed by atoms with Gasteiger partial charge in [-0.05, 0) is 38.2 Å². The summed E-state index contributed by atoms with van der Waals surface area (Å²) in [5, 5.41) is 7.04. The summed E-state index contributed by atoms with van der Waals surface area (Å²) in [4.78, 5) is 4.28. The number of aromatic nitrogens is 2. The zero-order valence-electron chi connectivity index (χ0n) is 12.3. The monoisotopic (exact) mass is 313 g/mol. The van der Waals surface area contributed by atoms with Gasteiger partial charge in [0, 0.05) is 12.5 Å².